The minimum atomic E-state index is -0.00840. The zero-order valence-electron chi connectivity index (χ0n) is 19.5. The van der Waals surface area contributed by atoms with E-state index in [4.69, 9.17) is 9.73 Å². The van der Waals surface area contributed by atoms with Crippen LogP contribution in [0, 0.1) is 20.8 Å². The first-order chi connectivity index (χ1) is 16.0. The summed E-state index contributed by atoms with van der Waals surface area (Å²) in [4.78, 5) is 20.5. The van der Waals surface area contributed by atoms with E-state index in [1.807, 2.05) is 36.4 Å². The summed E-state index contributed by atoms with van der Waals surface area (Å²) in [7, 11) is 1.68. The Morgan fingerprint density at radius 2 is 1.76 bits per heavy atom. The number of nitrogens with zero attached hydrogens (tertiary/aromatic N) is 3. The van der Waals surface area contributed by atoms with Crippen LogP contribution in [0.25, 0.3) is 11.8 Å². The Hall–Kier alpha value is -3.09. The highest BCUT2D eigenvalue weighted by atomic mass is 32.2. The smallest absolute Gasteiger partial charge is 0.266 e. The van der Waals surface area contributed by atoms with Crippen molar-refractivity contribution in [1.82, 2.24) is 9.47 Å². The number of amidine groups is 1. The zero-order valence-corrected chi connectivity index (χ0v) is 20.4. The van der Waals surface area contributed by atoms with Crippen LogP contribution < -0.4 is 0 Å². The van der Waals surface area contributed by atoms with Crippen LogP contribution in [0.5, 0.6) is 0 Å². The van der Waals surface area contributed by atoms with Crippen molar-refractivity contribution < 1.29 is 9.53 Å². The van der Waals surface area contributed by atoms with Crippen LogP contribution >= 0.6 is 11.8 Å². The van der Waals surface area contributed by atoms with Crippen molar-refractivity contribution in [2.75, 3.05) is 20.3 Å². The van der Waals surface area contributed by atoms with Gasteiger partial charge in [-0.1, -0.05) is 35.9 Å². The number of rotatable bonds is 7. The van der Waals surface area contributed by atoms with Gasteiger partial charge in [0.25, 0.3) is 5.91 Å². The number of aliphatic imine (C=N–C) groups is 1. The molecule has 3 aromatic rings. The minimum absolute atomic E-state index is 0.00840. The van der Waals surface area contributed by atoms with Crippen LogP contribution in [-0.4, -0.2) is 40.8 Å². The number of carbonyl (C=O) groups is 1. The monoisotopic (exact) mass is 459 g/mol. The van der Waals surface area contributed by atoms with Gasteiger partial charge in [-0.2, -0.15) is 0 Å². The molecule has 1 saturated heterocycles. The second kappa shape index (κ2) is 10.2. The minimum Gasteiger partial charge on any atom is -0.385 e. The Kier molecular flexibility index (Phi) is 7.16. The molecule has 0 spiro atoms. The van der Waals surface area contributed by atoms with E-state index >= 15 is 0 Å². The lowest BCUT2D eigenvalue weighted by Gasteiger charge is -2.15. The Morgan fingerprint density at radius 3 is 2.45 bits per heavy atom. The van der Waals surface area contributed by atoms with Gasteiger partial charge in [0.05, 0.1) is 10.6 Å². The van der Waals surface area contributed by atoms with E-state index in [9.17, 15) is 4.79 Å². The van der Waals surface area contributed by atoms with Gasteiger partial charge in [0.1, 0.15) is 0 Å². The summed E-state index contributed by atoms with van der Waals surface area (Å²) in [5.41, 5.74) is 6.48. The quantitative estimate of drug-likeness (QED) is 0.319. The van der Waals surface area contributed by atoms with Crippen molar-refractivity contribution in [1.29, 1.82) is 0 Å². The maximum Gasteiger partial charge on any atom is 0.266 e. The molecule has 1 aliphatic heterocycles. The maximum absolute atomic E-state index is 13.3. The molecule has 0 N–H and O–H groups in total. The number of aromatic nitrogens is 1. The largest absolute Gasteiger partial charge is 0.385 e. The van der Waals surface area contributed by atoms with Gasteiger partial charge in [-0.3, -0.25) is 9.69 Å². The summed E-state index contributed by atoms with van der Waals surface area (Å²) in [6, 6.07) is 20.4. The highest BCUT2D eigenvalue weighted by molar-refractivity contribution is 8.18. The van der Waals surface area contributed by atoms with Crippen molar-refractivity contribution in [3.63, 3.8) is 0 Å². The molecule has 2 heterocycles. The third-order valence-corrected chi connectivity index (χ3v) is 6.65. The fourth-order valence-electron chi connectivity index (χ4n) is 3.93. The molecule has 1 aromatic heterocycles. The first-order valence-electron chi connectivity index (χ1n) is 11.1. The molecule has 0 aliphatic carbocycles. The zero-order chi connectivity index (χ0) is 23.4. The first kappa shape index (κ1) is 23.1. The number of methoxy groups -OCH3 is 1. The molecular weight excluding hydrogens is 430 g/mol. The average molecular weight is 460 g/mol. The summed E-state index contributed by atoms with van der Waals surface area (Å²) in [5, 5.41) is 0.709. The molecule has 0 radical (unpaired) electrons. The molecule has 1 fully saturated rings. The van der Waals surface area contributed by atoms with Crippen LogP contribution in [0.15, 0.2) is 70.6 Å². The average Bonchev–Trinajstić information content (AvgIpc) is 3.25. The Balaban J connectivity index is 1.68. The lowest BCUT2D eigenvalue weighted by atomic mass is 10.2. The van der Waals surface area contributed by atoms with Gasteiger partial charge in [-0.25, -0.2) is 4.99 Å². The number of benzene rings is 2. The lowest BCUT2D eigenvalue weighted by molar-refractivity contribution is -0.122. The number of para-hydroxylation sites is 1. The predicted molar refractivity (Wildman–Crippen MR) is 137 cm³/mol. The predicted octanol–water partition coefficient (Wildman–Crippen LogP) is 6.04. The summed E-state index contributed by atoms with van der Waals surface area (Å²) in [5.74, 6) is -0.00840. The SMILES string of the molecule is COCCCN1C(=O)/C(=C\c2cc(C)n(-c3ccc(C)cc3)c2C)SC1=Nc1ccccc1. The number of hydrogen-bond donors (Lipinski definition) is 0. The molecule has 1 aliphatic rings. The number of carbonyl (C=O) groups excluding carboxylic acids is 1. The maximum atomic E-state index is 13.3. The van der Waals surface area contributed by atoms with Crippen molar-refractivity contribution >= 4 is 34.6 Å². The molecule has 1 amide bonds. The summed E-state index contributed by atoms with van der Waals surface area (Å²) >= 11 is 1.43. The van der Waals surface area contributed by atoms with E-state index < -0.39 is 0 Å². The van der Waals surface area contributed by atoms with Crippen LogP contribution in [0.4, 0.5) is 5.69 Å². The van der Waals surface area contributed by atoms with Crippen molar-refractivity contribution in [2.45, 2.75) is 27.2 Å². The number of hydrogen-bond acceptors (Lipinski definition) is 4. The number of aryl methyl sites for hydroxylation is 2. The van der Waals surface area contributed by atoms with Gasteiger partial charge in [-0.15, -0.1) is 0 Å². The Labute approximate surface area is 199 Å². The molecule has 170 valence electrons. The fraction of sp³-hybridized carbons (Fsp3) is 0.259. The topological polar surface area (TPSA) is 46.8 Å². The van der Waals surface area contributed by atoms with Crippen molar-refractivity contribution in [3.05, 3.63) is 88.1 Å². The second-order valence-corrected chi connectivity index (χ2v) is 9.15. The molecule has 6 heteroatoms. The second-order valence-electron chi connectivity index (χ2n) is 8.14. The van der Waals surface area contributed by atoms with Gasteiger partial charge in [0.15, 0.2) is 5.17 Å². The van der Waals surface area contributed by atoms with Gasteiger partial charge < -0.3 is 9.30 Å². The summed E-state index contributed by atoms with van der Waals surface area (Å²) in [6.07, 6.45) is 2.75. The van der Waals surface area contributed by atoms with Gasteiger partial charge >= 0.3 is 0 Å². The Morgan fingerprint density at radius 1 is 1.03 bits per heavy atom. The molecule has 5 nitrogen and oxygen atoms in total. The standard InChI is InChI=1S/C27H29N3O2S/c1-19-11-13-24(14-12-19)30-20(2)17-22(21(30)3)18-25-26(31)29(15-8-16-32-4)27(33-25)28-23-9-6-5-7-10-23/h5-7,9-14,17-18H,8,15-16H2,1-4H3/b25-18+,28-27?. The highest BCUT2D eigenvalue weighted by Gasteiger charge is 2.33. The van der Waals surface area contributed by atoms with Crippen LogP contribution in [0.2, 0.25) is 0 Å². The number of thioether (sulfide) groups is 1. The third kappa shape index (κ3) is 5.13. The van der Waals surface area contributed by atoms with E-state index in [2.05, 4.69) is 55.7 Å². The van der Waals surface area contributed by atoms with Gasteiger partial charge in [0.2, 0.25) is 0 Å². The van der Waals surface area contributed by atoms with E-state index in [0.29, 0.717) is 23.2 Å². The summed E-state index contributed by atoms with van der Waals surface area (Å²) < 4.78 is 7.42. The molecule has 4 rings (SSSR count). The molecule has 33 heavy (non-hydrogen) atoms. The van der Waals surface area contributed by atoms with Crippen LogP contribution in [0.3, 0.4) is 0 Å². The van der Waals surface area contributed by atoms with E-state index in [-0.39, 0.29) is 5.91 Å². The molecule has 0 unspecified atom stereocenters. The first-order valence-corrected chi connectivity index (χ1v) is 11.9. The molecular formula is C27H29N3O2S. The van der Waals surface area contributed by atoms with Gasteiger partial charge in [-0.05, 0) is 80.9 Å². The van der Waals surface area contributed by atoms with Crippen LogP contribution in [-0.2, 0) is 9.53 Å². The van der Waals surface area contributed by atoms with E-state index in [0.717, 1.165) is 34.7 Å². The van der Waals surface area contributed by atoms with E-state index in [1.54, 1.807) is 12.0 Å². The van der Waals surface area contributed by atoms with Crippen LogP contribution in [0.1, 0.15) is 28.9 Å². The number of ether oxygens (including phenoxy) is 1. The van der Waals surface area contributed by atoms with Crippen molar-refractivity contribution in [3.8, 4) is 5.69 Å². The number of amides is 1. The lowest BCUT2D eigenvalue weighted by Crippen LogP contribution is -2.30. The molecule has 0 atom stereocenters. The normalized spacial score (nSPS) is 16.4. The summed E-state index contributed by atoms with van der Waals surface area (Å²) in [6.45, 7) is 7.45. The molecule has 0 saturated carbocycles. The third-order valence-electron chi connectivity index (χ3n) is 5.65. The van der Waals surface area contributed by atoms with Gasteiger partial charge in [0, 0.05) is 37.3 Å². The van der Waals surface area contributed by atoms with E-state index in [1.165, 1.54) is 17.3 Å². The Bertz CT molecular complexity index is 1190. The molecule has 2 aromatic carbocycles. The molecule has 0 bridgehead atoms. The highest BCUT2D eigenvalue weighted by Crippen LogP contribution is 2.35. The fourth-order valence-corrected chi connectivity index (χ4v) is 4.95. The van der Waals surface area contributed by atoms with Crippen molar-refractivity contribution in [2.24, 2.45) is 4.99 Å².